The quantitative estimate of drug-likeness (QED) is 0.301. The van der Waals surface area contributed by atoms with E-state index in [1.165, 1.54) is 42.5 Å². The summed E-state index contributed by atoms with van der Waals surface area (Å²) in [4.78, 5) is 17.7. The monoisotopic (exact) mass is 560 g/mol. The van der Waals surface area contributed by atoms with Crippen LogP contribution in [0.4, 0.5) is 5.69 Å². The molecule has 10 nitrogen and oxygen atoms in total. The number of carbonyl (C=O) groups excluding carboxylic acids is 1. The average Bonchev–Trinajstić information content (AvgIpc) is 3.20. The molecule has 0 saturated carbocycles. The second-order valence-electron chi connectivity index (χ2n) is 7.82. The number of benzene rings is 3. The van der Waals surface area contributed by atoms with Gasteiger partial charge in [0.05, 0.1) is 26.6 Å². The molecule has 0 spiro atoms. The van der Waals surface area contributed by atoms with Crippen molar-refractivity contribution in [1.82, 2.24) is 4.57 Å². The van der Waals surface area contributed by atoms with E-state index in [2.05, 4.69) is 9.71 Å². The fourth-order valence-corrected chi connectivity index (χ4v) is 6.29. The van der Waals surface area contributed by atoms with E-state index in [0.717, 1.165) is 11.3 Å². The molecule has 1 amide bonds. The zero-order chi connectivity index (χ0) is 26.6. The van der Waals surface area contributed by atoms with Crippen LogP contribution in [0.3, 0.4) is 0 Å². The first-order valence-corrected chi connectivity index (χ1v) is 14.9. The Morgan fingerprint density at radius 2 is 1.76 bits per heavy atom. The molecule has 0 atom stereocenters. The van der Waals surface area contributed by atoms with Crippen molar-refractivity contribution in [2.45, 2.75) is 23.3 Å². The number of nitrogens with one attached hydrogen (secondary N) is 1. The molecule has 0 aliphatic rings. The zero-order valence-electron chi connectivity index (χ0n) is 19.7. The summed E-state index contributed by atoms with van der Waals surface area (Å²) < 4.78 is 59.2. The Morgan fingerprint density at radius 1 is 1.00 bits per heavy atom. The Morgan fingerprint density at radius 3 is 2.46 bits per heavy atom. The third-order valence-corrected chi connectivity index (χ3v) is 8.61. The number of primary sulfonamides is 1. The van der Waals surface area contributed by atoms with E-state index in [-0.39, 0.29) is 21.0 Å². The second-order valence-corrected chi connectivity index (χ2v) is 12.1. The van der Waals surface area contributed by atoms with Crippen molar-refractivity contribution in [3.8, 4) is 0 Å². The maximum Gasteiger partial charge on any atom is 0.279 e. The number of sulfonamides is 2. The van der Waals surface area contributed by atoms with Crippen LogP contribution in [0.15, 0.2) is 87.6 Å². The number of aromatic nitrogens is 1. The molecule has 13 heteroatoms. The number of ether oxygens (including phenoxy) is 1. The van der Waals surface area contributed by atoms with Crippen LogP contribution in [0.2, 0.25) is 0 Å². The predicted molar refractivity (Wildman–Crippen MR) is 141 cm³/mol. The second kappa shape index (κ2) is 10.9. The summed E-state index contributed by atoms with van der Waals surface area (Å²) >= 11 is 1.14. The first kappa shape index (κ1) is 26.7. The lowest BCUT2D eigenvalue weighted by atomic mass is 10.2. The normalized spacial score (nSPS) is 12.6. The minimum absolute atomic E-state index is 0.0468. The van der Waals surface area contributed by atoms with Gasteiger partial charge in [-0.2, -0.15) is 4.99 Å². The molecule has 0 saturated heterocycles. The molecule has 0 bridgehead atoms. The van der Waals surface area contributed by atoms with Crippen molar-refractivity contribution < 1.29 is 26.4 Å². The summed E-state index contributed by atoms with van der Waals surface area (Å²) in [5.41, 5.74) is 1.06. The van der Waals surface area contributed by atoms with Gasteiger partial charge in [0.15, 0.2) is 4.80 Å². The molecule has 1 heterocycles. The number of nitrogens with two attached hydrogens (primary N) is 1. The van der Waals surface area contributed by atoms with Gasteiger partial charge in [0.1, 0.15) is 0 Å². The summed E-state index contributed by atoms with van der Waals surface area (Å²) in [6, 6.07) is 18.4. The molecule has 0 aliphatic carbocycles. The highest BCUT2D eigenvalue weighted by molar-refractivity contribution is 7.92. The molecule has 0 fully saturated rings. The van der Waals surface area contributed by atoms with E-state index in [0.29, 0.717) is 34.8 Å². The molecule has 0 radical (unpaired) electrons. The first-order chi connectivity index (χ1) is 17.6. The highest BCUT2D eigenvalue weighted by Gasteiger charge is 2.16. The molecule has 194 valence electrons. The summed E-state index contributed by atoms with van der Waals surface area (Å²) in [7, 11) is -7.74. The van der Waals surface area contributed by atoms with E-state index in [1.807, 2.05) is 6.92 Å². The number of thiazole rings is 1. The third-order valence-electron chi connectivity index (χ3n) is 5.26. The molecule has 1 aromatic heterocycles. The topological polar surface area (TPSA) is 150 Å². The number of anilines is 1. The van der Waals surface area contributed by atoms with Gasteiger partial charge in [-0.15, -0.1) is 0 Å². The van der Waals surface area contributed by atoms with Crippen LogP contribution in [-0.2, 0) is 31.3 Å². The number of hydrogen-bond donors (Lipinski definition) is 2. The SMILES string of the molecule is CCOCCn1c(=NC(=O)c2cccc(NS(=O)(=O)c3ccccc3)c2)sc2cc(S(N)(=O)=O)ccc21. The zero-order valence-corrected chi connectivity index (χ0v) is 22.1. The number of carbonyl (C=O) groups is 1. The standard InChI is InChI=1S/C24H24N4O6S3/c1-2-34-14-13-28-21-12-11-20(36(25,30)31)16-22(21)35-24(28)26-23(29)17-7-6-8-18(15-17)27-37(32,33)19-9-4-3-5-10-19/h3-12,15-16,27H,2,13-14H2,1H3,(H2,25,30,31). The van der Waals surface area contributed by atoms with Gasteiger partial charge in [0.25, 0.3) is 15.9 Å². The van der Waals surface area contributed by atoms with Gasteiger partial charge < -0.3 is 9.30 Å². The van der Waals surface area contributed by atoms with E-state index < -0.39 is 26.0 Å². The summed E-state index contributed by atoms with van der Waals surface area (Å²) in [5.74, 6) is -0.593. The van der Waals surface area contributed by atoms with E-state index in [1.54, 1.807) is 34.9 Å². The van der Waals surface area contributed by atoms with Gasteiger partial charge in [-0.25, -0.2) is 22.0 Å². The summed E-state index contributed by atoms with van der Waals surface area (Å²) in [5, 5.41) is 5.27. The van der Waals surface area contributed by atoms with Crippen molar-refractivity contribution in [3.05, 3.63) is 83.2 Å². The molecule has 0 unspecified atom stereocenters. The van der Waals surface area contributed by atoms with Crippen LogP contribution in [-0.4, -0.2) is 40.5 Å². The minimum Gasteiger partial charge on any atom is -0.380 e. The number of hydrogen-bond acceptors (Lipinski definition) is 7. The van der Waals surface area contributed by atoms with Gasteiger partial charge in [-0.3, -0.25) is 9.52 Å². The van der Waals surface area contributed by atoms with Crippen LogP contribution in [0, 0.1) is 0 Å². The number of rotatable bonds is 9. The Hall–Kier alpha value is -3.36. The van der Waals surface area contributed by atoms with Crippen molar-refractivity contribution in [3.63, 3.8) is 0 Å². The largest absolute Gasteiger partial charge is 0.380 e. The first-order valence-electron chi connectivity index (χ1n) is 11.1. The lowest BCUT2D eigenvalue weighted by Gasteiger charge is -2.09. The van der Waals surface area contributed by atoms with Crippen LogP contribution in [0.5, 0.6) is 0 Å². The molecular formula is C24H24N4O6S3. The van der Waals surface area contributed by atoms with Crippen LogP contribution in [0.25, 0.3) is 10.2 Å². The van der Waals surface area contributed by atoms with Crippen molar-refractivity contribution in [1.29, 1.82) is 0 Å². The van der Waals surface area contributed by atoms with Gasteiger partial charge in [-0.05, 0) is 55.5 Å². The lowest BCUT2D eigenvalue weighted by molar-refractivity contribution is 0.0996. The summed E-state index contributed by atoms with van der Waals surface area (Å²) in [6.07, 6.45) is 0. The highest BCUT2D eigenvalue weighted by Crippen LogP contribution is 2.22. The van der Waals surface area contributed by atoms with Gasteiger partial charge in [0.2, 0.25) is 10.0 Å². The van der Waals surface area contributed by atoms with E-state index >= 15 is 0 Å². The fraction of sp³-hybridized carbons (Fsp3) is 0.167. The maximum atomic E-state index is 13.1. The number of nitrogens with zero attached hydrogens (tertiary/aromatic N) is 2. The van der Waals surface area contributed by atoms with Gasteiger partial charge >= 0.3 is 0 Å². The lowest BCUT2D eigenvalue weighted by Crippen LogP contribution is -2.20. The Bertz CT molecular complexity index is 1730. The Kier molecular flexibility index (Phi) is 7.90. The number of fused-ring (bicyclic) bond motifs is 1. The van der Waals surface area contributed by atoms with Crippen LogP contribution in [0.1, 0.15) is 17.3 Å². The minimum atomic E-state index is -3.91. The third kappa shape index (κ3) is 6.32. The van der Waals surface area contributed by atoms with Crippen LogP contribution >= 0.6 is 11.3 Å². The smallest absolute Gasteiger partial charge is 0.279 e. The summed E-state index contributed by atoms with van der Waals surface area (Å²) in [6.45, 7) is 3.11. The molecule has 0 aliphatic heterocycles. The Labute approximate surface area is 218 Å². The molecule has 4 aromatic rings. The van der Waals surface area contributed by atoms with Gasteiger partial charge in [0, 0.05) is 24.4 Å². The van der Waals surface area contributed by atoms with Crippen molar-refractivity contribution >= 4 is 53.2 Å². The molecule has 3 N–H and O–H groups in total. The average molecular weight is 561 g/mol. The molecular weight excluding hydrogens is 536 g/mol. The molecule has 4 rings (SSSR count). The van der Waals surface area contributed by atoms with Gasteiger partial charge in [-0.1, -0.05) is 35.6 Å². The Balaban J connectivity index is 1.71. The van der Waals surface area contributed by atoms with E-state index in [9.17, 15) is 21.6 Å². The predicted octanol–water partition coefficient (Wildman–Crippen LogP) is 2.93. The number of amides is 1. The van der Waals surface area contributed by atoms with Crippen molar-refractivity contribution in [2.75, 3.05) is 17.9 Å². The fourth-order valence-electron chi connectivity index (χ4n) is 3.51. The molecule has 3 aromatic carbocycles. The highest BCUT2D eigenvalue weighted by atomic mass is 32.2. The maximum absolute atomic E-state index is 13.1. The molecule has 37 heavy (non-hydrogen) atoms. The van der Waals surface area contributed by atoms with Crippen molar-refractivity contribution in [2.24, 2.45) is 10.1 Å². The van der Waals surface area contributed by atoms with E-state index in [4.69, 9.17) is 9.88 Å². The van der Waals surface area contributed by atoms with Crippen LogP contribution < -0.4 is 14.7 Å².